The van der Waals surface area contributed by atoms with Gasteiger partial charge in [0.2, 0.25) is 5.95 Å². The minimum absolute atomic E-state index is 0.0877. The quantitative estimate of drug-likeness (QED) is 0.506. The Labute approximate surface area is 154 Å². The number of benzene rings is 2. The smallest absolute Gasteiger partial charge is 0.238 e. The van der Waals surface area contributed by atoms with Crippen LogP contribution in [0.15, 0.2) is 59.7 Å². The summed E-state index contributed by atoms with van der Waals surface area (Å²) in [6, 6.07) is 14.8. The fraction of sp³-hybridized carbons (Fsp3) is 0.0500. The number of methoxy groups -OCH3 is 1. The molecular formula is C20H15N5O2. The number of nitrogen functional groups attached to an aromatic ring is 1. The molecule has 0 spiro atoms. The van der Waals surface area contributed by atoms with E-state index >= 15 is 0 Å². The van der Waals surface area contributed by atoms with E-state index in [1.165, 1.54) is 0 Å². The molecule has 0 fully saturated rings. The molecular weight excluding hydrogens is 342 g/mol. The van der Waals surface area contributed by atoms with Gasteiger partial charge in [-0.15, -0.1) is 5.10 Å². The Hall–Kier alpha value is -3.87. The second-order valence-electron chi connectivity index (χ2n) is 6.20. The fourth-order valence-electron chi connectivity index (χ4n) is 3.42. The second-order valence-corrected chi connectivity index (χ2v) is 6.20. The van der Waals surface area contributed by atoms with Gasteiger partial charge in [0, 0.05) is 29.0 Å². The van der Waals surface area contributed by atoms with Crippen LogP contribution >= 0.6 is 0 Å². The third-order valence-corrected chi connectivity index (χ3v) is 4.63. The first kappa shape index (κ1) is 15.4. The summed E-state index contributed by atoms with van der Waals surface area (Å²) >= 11 is 0. The number of ether oxygens (including phenoxy) is 1. The van der Waals surface area contributed by atoms with Crippen LogP contribution in [0.4, 0.5) is 11.6 Å². The van der Waals surface area contributed by atoms with Gasteiger partial charge in [-0.1, -0.05) is 18.2 Å². The van der Waals surface area contributed by atoms with Crippen LogP contribution in [0.3, 0.4) is 0 Å². The molecule has 0 aliphatic carbocycles. The summed E-state index contributed by atoms with van der Waals surface area (Å²) in [5.41, 5.74) is 11.1. The zero-order chi connectivity index (χ0) is 18.5. The molecule has 1 aliphatic rings. The highest BCUT2D eigenvalue weighted by Gasteiger charge is 2.24. The van der Waals surface area contributed by atoms with Gasteiger partial charge in [0.1, 0.15) is 22.7 Å². The molecule has 0 saturated heterocycles. The van der Waals surface area contributed by atoms with Gasteiger partial charge in [0.25, 0.3) is 0 Å². The SMILES string of the molecule is COc1ccc(C2=Nc3ccccc3-c3nc(N)nn4ccc2c34)c(O)c1. The van der Waals surface area contributed by atoms with Crippen molar-refractivity contribution in [3.05, 3.63) is 65.9 Å². The lowest BCUT2D eigenvalue weighted by Gasteiger charge is -2.09. The molecule has 4 aromatic rings. The zero-order valence-corrected chi connectivity index (χ0v) is 14.4. The number of hydrogen-bond acceptors (Lipinski definition) is 6. The number of nitrogens with two attached hydrogens (primary N) is 1. The molecule has 27 heavy (non-hydrogen) atoms. The van der Waals surface area contributed by atoms with Gasteiger partial charge in [-0.05, 0) is 24.3 Å². The minimum atomic E-state index is 0.0877. The van der Waals surface area contributed by atoms with Crippen LogP contribution in [0.5, 0.6) is 11.5 Å². The first-order valence-electron chi connectivity index (χ1n) is 8.36. The maximum absolute atomic E-state index is 10.6. The number of aromatic nitrogens is 3. The average Bonchev–Trinajstić information content (AvgIpc) is 3.03. The Kier molecular flexibility index (Phi) is 3.17. The fourth-order valence-corrected chi connectivity index (χ4v) is 3.42. The molecule has 2 aromatic carbocycles. The van der Waals surface area contributed by atoms with Crippen LogP contribution in [0, 0.1) is 0 Å². The first-order valence-corrected chi connectivity index (χ1v) is 8.36. The summed E-state index contributed by atoms with van der Waals surface area (Å²) < 4.78 is 6.89. The zero-order valence-electron chi connectivity index (χ0n) is 14.4. The second kappa shape index (κ2) is 5.57. The Morgan fingerprint density at radius 3 is 2.70 bits per heavy atom. The van der Waals surface area contributed by atoms with Gasteiger partial charge < -0.3 is 15.6 Å². The number of rotatable bonds is 2. The van der Waals surface area contributed by atoms with E-state index in [0.29, 0.717) is 22.7 Å². The normalized spacial score (nSPS) is 12.4. The number of aliphatic imine (C=N–C) groups is 1. The van der Waals surface area contributed by atoms with Gasteiger partial charge >= 0.3 is 0 Å². The summed E-state index contributed by atoms with van der Waals surface area (Å²) in [6.45, 7) is 0. The van der Waals surface area contributed by atoms with E-state index < -0.39 is 0 Å². The lowest BCUT2D eigenvalue weighted by Crippen LogP contribution is -2.06. The number of hydrogen-bond donors (Lipinski definition) is 2. The Morgan fingerprint density at radius 2 is 1.89 bits per heavy atom. The number of aromatic hydroxyl groups is 1. The molecule has 0 saturated carbocycles. The lowest BCUT2D eigenvalue weighted by atomic mass is 10.0. The highest BCUT2D eigenvalue weighted by Crippen LogP contribution is 2.39. The van der Waals surface area contributed by atoms with Crippen LogP contribution in [0.25, 0.3) is 16.8 Å². The molecule has 3 heterocycles. The predicted molar refractivity (Wildman–Crippen MR) is 103 cm³/mol. The molecule has 1 aliphatic heterocycles. The molecule has 3 N–H and O–H groups in total. The standard InChI is InChI=1S/C20H15N5O2/c1-27-11-6-7-13(16(26)10-11)17-14-8-9-25-19(14)18(23-20(21)24-25)12-4-2-3-5-15(12)22-17/h2-10,26H,1H3,(H2,21,24). The van der Waals surface area contributed by atoms with E-state index in [1.54, 1.807) is 29.8 Å². The summed E-state index contributed by atoms with van der Waals surface area (Å²) in [5.74, 6) is 0.847. The average molecular weight is 357 g/mol. The first-order chi connectivity index (χ1) is 13.2. The summed E-state index contributed by atoms with van der Waals surface area (Å²) in [5, 5.41) is 14.9. The Bertz CT molecular complexity index is 1240. The summed E-state index contributed by atoms with van der Waals surface area (Å²) in [7, 11) is 1.56. The molecule has 0 unspecified atom stereocenters. The van der Waals surface area contributed by atoms with Crippen molar-refractivity contribution < 1.29 is 9.84 Å². The number of phenolic OH excluding ortho intramolecular Hbond substituents is 1. The van der Waals surface area contributed by atoms with Crippen molar-refractivity contribution in [2.24, 2.45) is 4.99 Å². The summed E-state index contributed by atoms with van der Waals surface area (Å²) in [6.07, 6.45) is 1.82. The van der Waals surface area contributed by atoms with Crippen LogP contribution in [0.2, 0.25) is 0 Å². The van der Waals surface area contributed by atoms with Gasteiger partial charge in [0.15, 0.2) is 0 Å². The topological polar surface area (TPSA) is 98.0 Å². The van der Waals surface area contributed by atoms with E-state index in [1.807, 2.05) is 36.5 Å². The van der Waals surface area contributed by atoms with Crippen molar-refractivity contribution >= 4 is 22.9 Å². The molecule has 132 valence electrons. The van der Waals surface area contributed by atoms with Gasteiger partial charge in [-0.2, -0.15) is 0 Å². The highest BCUT2D eigenvalue weighted by molar-refractivity contribution is 6.21. The number of nitrogens with zero attached hydrogens (tertiary/aromatic N) is 4. The molecule has 2 aromatic heterocycles. The van der Waals surface area contributed by atoms with E-state index in [9.17, 15) is 5.11 Å². The largest absolute Gasteiger partial charge is 0.507 e. The Balaban J connectivity index is 1.88. The van der Waals surface area contributed by atoms with Crippen LogP contribution in [0.1, 0.15) is 11.1 Å². The predicted octanol–water partition coefficient (Wildman–Crippen LogP) is 3.18. The van der Waals surface area contributed by atoms with Crippen LogP contribution < -0.4 is 10.5 Å². The monoisotopic (exact) mass is 357 g/mol. The molecule has 7 heteroatoms. The van der Waals surface area contributed by atoms with Gasteiger partial charge in [-0.3, -0.25) is 0 Å². The number of phenols is 1. The van der Waals surface area contributed by atoms with E-state index in [4.69, 9.17) is 15.5 Å². The number of fused-ring (bicyclic) bond motifs is 2. The third-order valence-electron chi connectivity index (χ3n) is 4.63. The summed E-state index contributed by atoms with van der Waals surface area (Å²) in [4.78, 5) is 9.33. The van der Waals surface area contributed by atoms with Crippen molar-refractivity contribution in [2.45, 2.75) is 0 Å². The van der Waals surface area contributed by atoms with Gasteiger partial charge in [0.05, 0.1) is 18.5 Å². The molecule has 0 bridgehead atoms. The van der Waals surface area contributed by atoms with Crippen molar-refractivity contribution in [2.75, 3.05) is 12.8 Å². The van der Waals surface area contributed by atoms with Crippen LogP contribution in [-0.2, 0) is 0 Å². The number of anilines is 1. The van der Waals surface area contributed by atoms with E-state index in [2.05, 4.69) is 10.1 Å². The number of para-hydroxylation sites is 1. The van der Waals surface area contributed by atoms with Crippen molar-refractivity contribution in [3.8, 4) is 22.8 Å². The minimum Gasteiger partial charge on any atom is -0.507 e. The molecule has 0 amide bonds. The maximum Gasteiger partial charge on any atom is 0.238 e. The molecule has 7 nitrogen and oxygen atoms in total. The van der Waals surface area contributed by atoms with Crippen molar-refractivity contribution in [3.63, 3.8) is 0 Å². The Morgan fingerprint density at radius 1 is 1.04 bits per heavy atom. The highest BCUT2D eigenvalue weighted by atomic mass is 16.5. The lowest BCUT2D eigenvalue weighted by molar-refractivity contribution is 0.407. The molecule has 0 atom stereocenters. The third kappa shape index (κ3) is 2.25. The van der Waals surface area contributed by atoms with Crippen molar-refractivity contribution in [1.29, 1.82) is 0 Å². The van der Waals surface area contributed by atoms with Crippen LogP contribution in [-0.4, -0.2) is 32.5 Å². The maximum atomic E-state index is 10.6. The molecule has 5 rings (SSSR count). The van der Waals surface area contributed by atoms with Crippen molar-refractivity contribution in [1.82, 2.24) is 14.6 Å². The molecule has 0 radical (unpaired) electrons. The van der Waals surface area contributed by atoms with E-state index in [0.717, 1.165) is 22.3 Å². The van der Waals surface area contributed by atoms with Gasteiger partial charge in [-0.25, -0.2) is 14.5 Å². The van der Waals surface area contributed by atoms with E-state index in [-0.39, 0.29) is 11.7 Å².